The number of rotatable bonds is 8. The highest BCUT2D eigenvalue weighted by atomic mass is 19.1. The van der Waals surface area contributed by atoms with Crippen molar-refractivity contribution in [3.63, 3.8) is 0 Å². The number of amides is 3. The fourth-order valence-corrected chi connectivity index (χ4v) is 9.38. The van der Waals surface area contributed by atoms with Crippen LogP contribution in [0.15, 0.2) is 53.5 Å². The van der Waals surface area contributed by atoms with Gasteiger partial charge in [0.25, 0.3) is 5.56 Å². The van der Waals surface area contributed by atoms with E-state index in [1.165, 1.54) is 37.1 Å². The minimum absolute atomic E-state index is 0.0129. The summed E-state index contributed by atoms with van der Waals surface area (Å²) in [7, 11) is 1.52. The zero-order valence-corrected chi connectivity index (χ0v) is 29.1. The summed E-state index contributed by atoms with van der Waals surface area (Å²) in [4.78, 5) is 56.7. The van der Waals surface area contributed by atoms with Gasteiger partial charge in [-0.1, -0.05) is 6.07 Å². The average Bonchev–Trinajstić information content (AvgIpc) is 3.98. The number of benzene rings is 1. The van der Waals surface area contributed by atoms with E-state index in [2.05, 4.69) is 30.8 Å². The molecule has 52 heavy (non-hydrogen) atoms. The van der Waals surface area contributed by atoms with Crippen LogP contribution in [0.4, 0.5) is 32.3 Å². The molecule has 3 amide bonds. The first-order chi connectivity index (χ1) is 25.2. The van der Waals surface area contributed by atoms with Gasteiger partial charge >= 0.3 is 6.03 Å². The first kappa shape index (κ1) is 32.6. The number of hydrogen-bond donors (Lipinski definition) is 3. The number of urea groups is 1. The molecule has 1 aromatic carbocycles. The molecule has 10 rings (SSSR count). The van der Waals surface area contributed by atoms with Crippen molar-refractivity contribution in [3.8, 4) is 11.6 Å². The molecule has 0 spiro atoms. The van der Waals surface area contributed by atoms with Crippen LogP contribution in [0, 0.1) is 29.5 Å². The number of ether oxygens (including phenoxy) is 1. The highest BCUT2D eigenvalue weighted by Crippen LogP contribution is 2.55. The molecule has 4 aromatic rings. The Hall–Kier alpha value is -5.27. The van der Waals surface area contributed by atoms with E-state index in [1.54, 1.807) is 24.3 Å². The number of methoxy groups -OCH3 is 1. The van der Waals surface area contributed by atoms with Crippen LogP contribution in [0.3, 0.4) is 0 Å². The Kier molecular flexibility index (Phi) is 8.00. The maximum Gasteiger partial charge on any atom is 0.317 e. The first-order valence-electron chi connectivity index (χ1n) is 18.4. The molecule has 4 heterocycles. The van der Waals surface area contributed by atoms with Crippen molar-refractivity contribution in [2.45, 2.75) is 56.9 Å². The van der Waals surface area contributed by atoms with E-state index in [1.807, 2.05) is 17.0 Å². The van der Waals surface area contributed by atoms with Crippen LogP contribution < -0.4 is 31.1 Å². The maximum absolute atomic E-state index is 15.0. The van der Waals surface area contributed by atoms with Crippen LogP contribution in [-0.2, 0) is 4.79 Å². The normalized spacial score (nSPS) is 24.9. The summed E-state index contributed by atoms with van der Waals surface area (Å²) in [6.45, 7) is 2.47. The van der Waals surface area contributed by atoms with Gasteiger partial charge in [-0.2, -0.15) is 9.97 Å². The Bertz CT molecular complexity index is 2090. The second kappa shape index (κ2) is 12.7. The first-order valence-corrected chi connectivity index (χ1v) is 18.4. The van der Waals surface area contributed by atoms with E-state index in [0.29, 0.717) is 54.9 Å². The molecule has 14 heteroatoms. The quantitative estimate of drug-likeness (QED) is 0.225. The molecular formula is C38H42FN9O4. The summed E-state index contributed by atoms with van der Waals surface area (Å²) in [5.74, 6) is 2.66. The summed E-state index contributed by atoms with van der Waals surface area (Å²) in [5, 5.41) is 9.57. The largest absolute Gasteiger partial charge is 0.479 e. The third kappa shape index (κ3) is 6.17. The van der Waals surface area contributed by atoms with Gasteiger partial charge in [-0.15, -0.1) is 0 Å². The number of halogens is 1. The summed E-state index contributed by atoms with van der Waals surface area (Å²) >= 11 is 0. The Morgan fingerprint density at radius 3 is 2.37 bits per heavy atom. The van der Waals surface area contributed by atoms with Crippen molar-refractivity contribution in [1.29, 1.82) is 0 Å². The number of pyridine rings is 2. The predicted molar refractivity (Wildman–Crippen MR) is 194 cm³/mol. The van der Waals surface area contributed by atoms with Crippen LogP contribution >= 0.6 is 0 Å². The zero-order chi connectivity index (χ0) is 35.6. The Labute approximate surface area is 300 Å². The lowest BCUT2D eigenvalue weighted by Gasteiger charge is -2.57. The average molecular weight is 708 g/mol. The number of fused-ring (bicyclic) bond motifs is 1. The molecule has 0 atom stereocenters. The van der Waals surface area contributed by atoms with Crippen molar-refractivity contribution in [3.05, 3.63) is 64.8 Å². The van der Waals surface area contributed by atoms with Gasteiger partial charge in [-0.05, 0) is 99.5 Å². The van der Waals surface area contributed by atoms with E-state index in [0.717, 1.165) is 55.9 Å². The summed E-state index contributed by atoms with van der Waals surface area (Å²) in [6.07, 6.45) is 10.5. The van der Waals surface area contributed by atoms with Gasteiger partial charge in [0.1, 0.15) is 17.3 Å². The zero-order valence-electron chi connectivity index (χ0n) is 29.1. The number of aromatic nitrogens is 4. The minimum Gasteiger partial charge on any atom is -0.479 e. The van der Waals surface area contributed by atoms with E-state index in [-0.39, 0.29) is 40.4 Å². The Morgan fingerprint density at radius 2 is 1.67 bits per heavy atom. The van der Waals surface area contributed by atoms with Gasteiger partial charge in [0.05, 0.1) is 18.2 Å². The summed E-state index contributed by atoms with van der Waals surface area (Å²) in [6, 6.07) is 11.5. The van der Waals surface area contributed by atoms with Gasteiger partial charge in [-0.25, -0.2) is 14.2 Å². The number of hydrogen-bond acceptors (Lipinski definition) is 9. The van der Waals surface area contributed by atoms with Crippen LogP contribution in [0.25, 0.3) is 16.7 Å². The lowest BCUT2D eigenvalue weighted by Crippen LogP contribution is -2.63. The molecule has 0 unspecified atom stereocenters. The molecule has 270 valence electrons. The number of anilines is 4. The highest BCUT2D eigenvalue weighted by molar-refractivity contribution is 5.94. The lowest BCUT2D eigenvalue weighted by atomic mass is 9.53. The molecule has 4 bridgehead atoms. The Balaban J connectivity index is 0.899. The smallest absolute Gasteiger partial charge is 0.317 e. The molecule has 0 radical (unpaired) electrons. The van der Waals surface area contributed by atoms with Crippen molar-refractivity contribution in [2.24, 2.45) is 23.7 Å². The third-order valence-electron chi connectivity index (χ3n) is 11.6. The number of nitrogens with one attached hydrogen (secondary N) is 3. The Morgan fingerprint density at radius 1 is 0.942 bits per heavy atom. The fourth-order valence-electron chi connectivity index (χ4n) is 9.38. The fraction of sp³-hybridized carbons (Fsp3) is 0.474. The van der Waals surface area contributed by atoms with Crippen molar-refractivity contribution < 1.29 is 18.7 Å². The van der Waals surface area contributed by atoms with Crippen LogP contribution in [-0.4, -0.2) is 75.2 Å². The minimum atomic E-state index is -0.741. The second-order valence-corrected chi connectivity index (χ2v) is 15.4. The lowest BCUT2D eigenvalue weighted by molar-refractivity contribution is -0.117. The van der Waals surface area contributed by atoms with Crippen LogP contribution in [0.5, 0.6) is 5.88 Å². The molecular weight excluding hydrogens is 665 g/mol. The standard InChI is InChI=1S/C38H42FN9O4/c1-52-35-30(7-8-31(43-35)46-9-11-47(12-10-46)37(51)45-38-18-22-13-23(19-38)15-24(14-22)20-38)42-36-40-21-28-29(39)17-32(49)48(33(28)44-36)27-4-2-3-26(16-27)41-34(50)25-5-6-25/h2-4,7-8,16-17,21-25H,5-6,9-15,18-20H2,1H3,(H,41,50)(H,45,51)(H,40,42,44). The van der Waals surface area contributed by atoms with Gasteiger partial charge < -0.3 is 30.5 Å². The topological polar surface area (TPSA) is 147 Å². The van der Waals surface area contributed by atoms with Crippen molar-refractivity contribution in [1.82, 2.24) is 29.7 Å². The monoisotopic (exact) mass is 707 g/mol. The molecule has 3 aromatic heterocycles. The number of carbonyl (C=O) groups excluding carboxylic acids is 2. The second-order valence-electron chi connectivity index (χ2n) is 15.4. The van der Waals surface area contributed by atoms with Crippen molar-refractivity contribution >= 4 is 46.1 Å². The van der Waals surface area contributed by atoms with Crippen molar-refractivity contribution in [2.75, 3.05) is 48.8 Å². The number of piperazine rings is 1. The predicted octanol–water partition coefficient (Wildman–Crippen LogP) is 5.22. The third-order valence-corrected chi connectivity index (χ3v) is 11.6. The molecule has 3 N–H and O–H groups in total. The van der Waals surface area contributed by atoms with Gasteiger partial charge in [0.2, 0.25) is 17.7 Å². The van der Waals surface area contributed by atoms with Crippen LogP contribution in [0.2, 0.25) is 0 Å². The molecule has 5 aliphatic carbocycles. The molecule has 1 aliphatic heterocycles. The molecule has 13 nitrogen and oxygen atoms in total. The molecule has 6 aliphatic rings. The number of carbonyl (C=O) groups is 2. The van der Waals surface area contributed by atoms with E-state index in [9.17, 15) is 18.8 Å². The van der Waals surface area contributed by atoms with E-state index in [4.69, 9.17) is 9.72 Å². The van der Waals surface area contributed by atoms with E-state index < -0.39 is 11.4 Å². The summed E-state index contributed by atoms with van der Waals surface area (Å²) < 4.78 is 21.9. The van der Waals surface area contributed by atoms with Gasteiger partial charge in [-0.3, -0.25) is 14.2 Å². The van der Waals surface area contributed by atoms with Gasteiger partial charge in [0, 0.05) is 55.6 Å². The molecule has 6 fully saturated rings. The highest BCUT2D eigenvalue weighted by Gasteiger charge is 2.52. The van der Waals surface area contributed by atoms with Gasteiger partial charge in [0.15, 0.2) is 5.65 Å². The number of nitrogens with zero attached hydrogens (tertiary/aromatic N) is 6. The summed E-state index contributed by atoms with van der Waals surface area (Å²) in [5.41, 5.74) is 0.859. The maximum atomic E-state index is 15.0. The molecule has 1 saturated heterocycles. The SMILES string of the molecule is COc1nc(N2CCN(C(=O)NC34CC5CC(CC(C5)C3)C4)CC2)ccc1Nc1ncc2c(F)cc(=O)n(-c3cccc(NC(=O)C4CC4)c3)c2n1. The van der Waals surface area contributed by atoms with Crippen LogP contribution in [0.1, 0.15) is 51.4 Å². The van der Waals surface area contributed by atoms with E-state index >= 15 is 0 Å². The molecule has 5 saturated carbocycles.